The van der Waals surface area contributed by atoms with E-state index < -0.39 is 0 Å². The van der Waals surface area contributed by atoms with Crippen molar-refractivity contribution in [1.82, 2.24) is 4.90 Å². The number of piperidine rings is 1. The van der Waals surface area contributed by atoms with Crippen LogP contribution in [0.25, 0.3) is 0 Å². The molecule has 1 aliphatic heterocycles. The number of likely N-dealkylation sites (tertiary alicyclic amines) is 1. The molecule has 14 heavy (non-hydrogen) atoms. The zero-order chi connectivity index (χ0) is 10.2. The fourth-order valence-electron chi connectivity index (χ4n) is 2.78. The second kappa shape index (κ2) is 3.55. The Bertz CT molecular complexity index is 252. The van der Waals surface area contributed by atoms with E-state index in [9.17, 15) is 0 Å². The molecule has 1 saturated heterocycles. The molecule has 0 radical (unpaired) electrons. The molecule has 0 aromatic rings. The van der Waals surface area contributed by atoms with Gasteiger partial charge in [0.2, 0.25) is 0 Å². The Morgan fingerprint density at radius 2 is 2.21 bits per heavy atom. The molecule has 0 aromatic heterocycles. The highest BCUT2D eigenvalue weighted by Crippen LogP contribution is 2.37. The van der Waals surface area contributed by atoms with E-state index in [4.69, 9.17) is 5.26 Å². The van der Waals surface area contributed by atoms with Crippen molar-refractivity contribution in [2.45, 2.75) is 45.6 Å². The molecule has 2 rings (SSSR count). The van der Waals surface area contributed by atoms with Crippen LogP contribution in [0.1, 0.15) is 39.5 Å². The minimum Gasteiger partial charge on any atom is -0.300 e. The van der Waals surface area contributed by atoms with E-state index in [0.29, 0.717) is 0 Å². The third-order valence-electron chi connectivity index (χ3n) is 3.85. The number of nitriles is 1. The Hall–Kier alpha value is -0.550. The Morgan fingerprint density at radius 1 is 1.43 bits per heavy atom. The van der Waals surface area contributed by atoms with E-state index in [2.05, 4.69) is 11.0 Å². The maximum atomic E-state index is 8.93. The zero-order valence-electron chi connectivity index (χ0n) is 9.29. The third-order valence-corrected chi connectivity index (χ3v) is 3.85. The lowest BCUT2D eigenvalue weighted by Gasteiger charge is -2.28. The van der Waals surface area contributed by atoms with E-state index in [-0.39, 0.29) is 5.41 Å². The molecule has 0 spiro atoms. The molecule has 0 aromatic carbocycles. The van der Waals surface area contributed by atoms with Crippen LogP contribution in [0.4, 0.5) is 0 Å². The van der Waals surface area contributed by atoms with Gasteiger partial charge in [-0.3, -0.25) is 0 Å². The van der Waals surface area contributed by atoms with Crippen LogP contribution in [0, 0.1) is 22.7 Å². The van der Waals surface area contributed by atoms with Gasteiger partial charge in [-0.2, -0.15) is 5.26 Å². The minimum atomic E-state index is -0.137. The summed E-state index contributed by atoms with van der Waals surface area (Å²) in [5.74, 6) is 0.977. The SMILES string of the molecule is CC(C)(C#N)CCN1CC2CCC1C2. The summed E-state index contributed by atoms with van der Waals surface area (Å²) in [6, 6.07) is 3.24. The molecule has 0 amide bonds. The van der Waals surface area contributed by atoms with Crippen molar-refractivity contribution >= 4 is 0 Å². The summed E-state index contributed by atoms with van der Waals surface area (Å²) < 4.78 is 0. The van der Waals surface area contributed by atoms with E-state index in [1.807, 2.05) is 13.8 Å². The first-order valence-electron chi connectivity index (χ1n) is 5.76. The highest BCUT2D eigenvalue weighted by molar-refractivity contribution is 4.96. The molecule has 2 aliphatic rings. The van der Waals surface area contributed by atoms with Crippen LogP contribution in [0.5, 0.6) is 0 Å². The van der Waals surface area contributed by atoms with Gasteiger partial charge in [-0.1, -0.05) is 0 Å². The molecule has 2 unspecified atom stereocenters. The highest BCUT2D eigenvalue weighted by Gasteiger charge is 2.37. The number of fused-ring (bicyclic) bond motifs is 2. The Labute approximate surface area is 86.9 Å². The molecular formula is C12H20N2. The quantitative estimate of drug-likeness (QED) is 0.686. The minimum absolute atomic E-state index is 0.137. The number of hydrogen-bond acceptors (Lipinski definition) is 2. The van der Waals surface area contributed by atoms with E-state index in [1.165, 1.54) is 25.8 Å². The first-order chi connectivity index (χ1) is 6.61. The predicted molar refractivity (Wildman–Crippen MR) is 56.7 cm³/mol. The van der Waals surface area contributed by atoms with E-state index >= 15 is 0 Å². The van der Waals surface area contributed by atoms with Crippen molar-refractivity contribution < 1.29 is 0 Å². The molecule has 2 fully saturated rings. The summed E-state index contributed by atoms with van der Waals surface area (Å²) >= 11 is 0. The lowest BCUT2D eigenvalue weighted by atomic mass is 9.91. The molecular weight excluding hydrogens is 172 g/mol. The maximum absolute atomic E-state index is 8.93. The van der Waals surface area contributed by atoms with Gasteiger partial charge in [0.1, 0.15) is 0 Å². The Balaban J connectivity index is 1.80. The molecule has 1 aliphatic carbocycles. The van der Waals surface area contributed by atoms with Crippen molar-refractivity contribution in [3.05, 3.63) is 0 Å². The normalized spacial score (nSPS) is 32.1. The zero-order valence-corrected chi connectivity index (χ0v) is 9.29. The topological polar surface area (TPSA) is 27.0 Å². The average molecular weight is 192 g/mol. The molecule has 1 heterocycles. The van der Waals surface area contributed by atoms with Crippen molar-refractivity contribution in [1.29, 1.82) is 5.26 Å². The fraction of sp³-hybridized carbons (Fsp3) is 0.917. The highest BCUT2D eigenvalue weighted by atomic mass is 15.2. The van der Waals surface area contributed by atoms with Crippen molar-refractivity contribution in [3.63, 3.8) is 0 Å². The second-order valence-electron chi connectivity index (χ2n) is 5.57. The van der Waals surface area contributed by atoms with Gasteiger partial charge in [-0.05, 0) is 52.0 Å². The van der Waals surface area contributed by atoms with Gasteiger partial charge >= 0.3 is 0 Å². The molecule has 1 saturated carbocycles. The van der Waals surface area contributed by atoms with Gasteiger partial charge in [0, 0.05) is 12.6 Å². The van der Waals surface area contributed by atoms with Crippen LogP contribution in [-0.2, 0) is 0 Å². The first-order valence-corrected chi connectivity index (χ1v) is 5.76. The smallest absolute Gasteiger partial charge is 0.0684 e. The predicted octanol–water partition coefficient (Wildman–Crippen LogP) is 2.41. The van der Waals surface area contributed by atoms with Crippen molar-refractivity contribution in [3.8, 4) is 6.07 Å². The molecule has 0 N–H and O–H groups in total. The first kappa shape index (κ1) is 9.98. The number of hydrogen-bond donors (Lipinski definition) is 0. The van der Waals surface area contributed by atoms with E-state index in [0.717, 1.165) is 24.9 Å². The van der Waals surface area contributed by atoms with Crippen molar-refractivity contribution in [2.24, 2.45) is 11.3 Å². The number of nitrogens with zero attached hydrogens (tertiary/aromatic N) is 2. The summed E-state index contributed by atoms with van der Waals surface area (Å²) in [4.78, 5) is 2.60. The van der Waals surface area contributed by atoms with Gasteiger partial charge in [0.05, 0.1) is 11.5 Å². The summed E-state index contributed by atoms with van der Waals surface area (Å²) in [5, 5.41) is 8.93. The van der Waals surface area contributed by atoms with Crippen LogP contribution >= 0.6 is 0 Å². The fourth-order valence-corrected chi connectivity index (χ4v) is 2.78. The summed E-state index contributed by atoms with van der Waals surface area (Å²) in [7, 11) is 0. The van der Waals surface area contributed by atoms with Crippen LogP contribution in [0.2, 0.25) is 0 Å². The molecule has 2 nitrogen and oxygen atoms in total. The Morgan fingerprint density at radius 3 is 2.71 bits per heavy atom. The number of rotatable bonds is 3. The second-order valence-corrected chi connectivity index (χ2v) is 5.57. The van der Waals surface area contributed by atoms with Gasteiger partial charge in [0.15, 0.2) is 0 Å². The summed E-state index contributed by atoms with van der Waals surface area (Å²) in [6.45, 7) is 6.51. The van der Waals surface area contributed by atoms with Gasteiger partial charge in [-0.15, -0.1) is 0 Å². The lowest BCUT2D eigenvalue weighted by Crippen LogP contribution is -2.34. The lowest BCUT2D eigenvalue weighted by molar-refractivity contribution is 0.193. The average Bonchev–Trinajstić information content (AvgIpc) is 2.76. The van der Waals surface area contributed by atoms with Crippen molar-refractivity contribution in [2.75, 3.05) is 13.1 Å². The molecule has 2 heteroatoms. The van der Waals surface area contributed by atoms with Gasteiger partial charge in [-0.25, -0.2) is 0 Å². The van der Waals surface area contributed by atoms with Crippen LogP contribution in [-0.4, -0.2) is 24.0 Å². The Kier molecular flexibility index (Phi) is 2.53. The molecule has 2 bridgehead atoms. The standard InChI is InChI=1S/C12H20N2/c1-12(2,9-13)5-6-14-8-10-3-4-11(14)7-10/h10-11H,3-8H2,1-2H3. The van der Waals surface area contributed by atoms with Crippen LogP contribution in [0.3, 0.4) is 0 Å². The maximum Gasteiger partial charge on any atom is 0.0684 e. The monoisotopic (exact) mass is 192 g/mol. The van der Waals surface area contributed by atoms with Gasteiger partial charge < -0.3 is 4.90 Å². The van der Waals surface area contributed by atoms with Crippen LogP contribution < -0.4 is 0 Å². The summed E-state index contributed by atoms with van der Waals surface area (Å²) in [6.07, 6.45) is 5.29. The summed E-state index contributed by atoms with van der Waals surface area (Å²) in [5.41, 5.74) is -0.137. The largest absolute Gasteiger partial charge is 0.300 e. The van der Waals surface area contributed by atoms with Crippen LogP contribution in [0.15, 0.2) is 0 Å². The van der Waals surface area contributed by atoms with Gasteiger partial charge in [0.25, 0.3) is 0 Å². The third kappa shape index (κ3) is 1.93. The van der Waals surface area contributed by atoms with E-state index in [1.54, 1.807) is 0 Å². The molecule has 78 valence electrons. The molecule has 2 atom stereocenters.